The minimum Gasteiger partial charge on any atom is -0.394 e. The van der Waals surface area contributed by atoms with Gasteiger partial charge in [0.1, 0.15) is 11.6 Å². The molecule has 1 heterocycles. The van der Waals surface area contributed by atoms with Crippen molar-refractivity contribution in [2.45, 2.75) is 31.0 Å². The summed E-state index contributed by atoms with van der Waals surface area (Å²) in [4.78, 5) is 8.67. The van der Waals surface area contributed by atoms with Crippen LogP contribution in [0.1, 0.15) is 20.3 Å². The molecule has 0 unspecified atom stereocenters. The zero-order chi connectivity index (χ0) is 14.3. The predicted molar refractivity (Wildman–Crippen MR) is 78.8 cm³/mol. The molecule has 0 fully saturated rings. The molecule has 0 aliphatic carbocycles. The van der Waals surface area contributed by atoms with Crippen LogP contribution in [0, 0.1) is 0 Å². The quantitative estimate of drug-likeness (QED) is 0.421. The van der Waals surface area contributed by atoms with Gasteiger partial charge < -0.3 is 20.8 Å². The lowest BCUT2D eigenvalue weighted by Crippen LogP contribution is -2.42. The molecule has 1 rings (SSSR count). The van der Waals surface area contributed by atoms with Crippen LogP contribution in [0.2, 0.25) is 0 Å². The Kier molecular flexibility index (Phi) is 6.33. The fourth-order valence-electron chi connectivity index (χ4n) is 1.36. The van der Waals surface area contributed by atoms with Crippen LogP contribution >= 0.6 is 11.8 Å². The van der Waals surface area contributed by atoms with Gasteiger partial charge in [0, 0.05) is 12.6 Å². The van der Waals surface area contributed by atoms with Gasteiger partial charge in [-0.1, -0.05) is 18.7 Å². The average Bonchev–Trinajstić information content (AvgIpc) is 2.44. The van der Waals surface area contributed by atoms with Crippen molar-refractivity contribution in [3.05, 3.63) is 6.07 Å². The van der Waals surface area contributed by atoms with Crippen molar-refractivity contribution in [2.24, 2.45) is 0 Å². The molecule has 0 amide bonds. The Balaban J connectivity index is 2.92. The lowest BCUT2D eigenvalue weighted by molar-refractivity contribution is 0.147. The van der Waals surface area contributed by atoms with Crippen LogP contribution in [0.5, 0.6) is 0 Å². The van der Waals surface area contributed by atoms with Gasteiger partial charge in [-0.05, 0) is 19.6 Å². The van der Waals surface area contributed by atoms with Gasteiger partial charge in [-0.25, -0.2) is 9.97 Å². The molecule has 0 saturated heterocycles. The number of nitrogens with zero attached hydrogens (tertiary/aromatic N) is 2. The van der Waals surface area contributed by atoms with E-state index in [2.05, 4.69) is 27.5 Å². The normalized spacial score (nSPS) is 11.4. The Bertz CT molecular complexity index is 399. The number of thioether (sulfide) groups is 1. The third-order valence-electron chi connectivity index (χ3n) is 2.57. The van der Waals surface area contributed by atoms with E-state index in [1.165, 1.54) is 11.8 Å². The van der Waals surface area contributed by atoms with Crippen LogP contribution in [0.3, 0.4) is 0 Å². The van der Waals surface area contributed by atoms with Gasteiger partial charge >= 0.3 is 0 Å². The molecule has 0 radical (unpaired) electrons. The summed E-state index contributed by atoms with van der Waals surface area (Å²) < 4.78 is 0. The average molecular weight is 286 g/mol. The van der Waals surface area contributed by atoms with Crippen LogP contribution in [0.15, 0.2) is 11.2 Å². The van der Waals surface area contributed by atoms with E-state index >= 15 is 0 Å². The topological polar surface area (TPSA) is 90.3 Å². The molecule has 0 bridgehead atoms. The molecule has 0 aromatic carbocycles. The van der Waals surface area contributed by atoms with Crippen molar-refractivity contribution in [2.75, 3.05) is 36.6 Å². The van der Waals surface area contributed by atoms with Crippen molar-refractivity contribution in [3.63, 3.8) is 0 Å². The molecule has 0 spiro atoms. The van der Waals surface area contributed by atoms with E-state index in [4.69, 9.17) is 0 Å². The third-order valence-corrected chi connectivity index (χ3v) is 3.12. The molecule has 6 nitrogen and oxygen atoms in total. The van der Waals surface area contributed by atoms with Crippen LogP contribution in [-0.2, 0) is 0 Å². The van der Waals surface area contributed by atoms with Gasteiger partial charge in [-0.3, -0.25) is 0 Å². The molecule has 0 saturated carbocycles. The lowest BCUT2D eigenvalue weighted by atomic mass is 10.1. The first-order chi connectivity index (χ1) is 9.06. The van der Waals surface area contributed by atoms with E-state index in [1.807, 2.05) is 6.26 Å². The minimum atomic E-state index is -0.800. The standard InChI is InChI=1S/C12H22N4O2S/c1-4-5-13-9-6-10(15-11(14-9)19-3)16-12(2,7-17)8-18/h6,17-18H,4-5,7-8H2,1-3H3,(H2,13,14,15,16). The lowest BCUT2D eigenvalue weighted by Gasteiger charge is -2.27. The second-order valence-electron chi connectivity index (χ2n) is 4.55. The number of rotatable bonds is 8. The van der Waals surface area contributed by atoms with Gasteiger partial charge in [-0.2, -0.15) is 0 Å². The van der Waals surface area contributed by atoms with Gasteiger partial charge in [0.25, 0.3) is 0 Å². The van der Waals surface area contributed by atoms with E-state index in [9.17, 15) is 10.2 Å². The maximum absolute atomic E-state index is 9.30. The molecule has 19 heavy (non-hydrogen) atoms. The molecule has 108 valence electrons. The maximum Gasteiger partial charge on any atom is 0.191 e. The summed E-state index contributed by atoms with van der Waals surface area (Å²) in [6.07, 6.45) is 2.91. The van der Waals surface area contributed by atoms with Crippen molar-refractivity contribution in [1.29, 1.82) is 0 Å². The summed E-state index contributed by atoms with van der Waals surface area (Å²) >= 11 is 1.44. The highest BCUT2D eigenvalue weighted by Crippen LogP contribution is 2.20. The number of hydrogen-bond donors (Lipinski definition) is 4. The Labute approximate surface area is 118 Å². The van der Waals surface area contributed by atoms with Crippen molar-refractivity contribution >= 4 is 23.4 Å². The highest BCUT2D eigenvalue weighted by atomic mass is 32.2. The van der Waals surface area contributed by atoms with Crippen LogP contribution in [0.25, 0.3) is 0 Å². The van der Waals surface area contributed by atoms with Gasteiger partial charge in [0.15, 0.2) is 5.16 Å². The Morgan fingerprint density at radius 2 is 1.89 bits per heavy atom. The number of aliphatic hydroxyl groups excluding tert-OH is 2. The van der Waals surface area contributed by atoms with E-state index in [1.54, 1.807) is 13.0 Å². The second-order valence-corrected chi connectivity index (χ2v) is 5.33. The van der Waals surface area contributed by atoms with E-state index < -0.39 is 5.54 Å². The molecule has 0 atom stereocenters. The predicted octanol–water partition coefficient (Wildman–Crippen LogP) is 1.18. The first-order valence-corrected chi connectivity index (χ1v) is 7.46. The summed E-state index contributed by atoms with van der Waals surface area (Å²) in [7, 11) is 0. The highest BCUT2D eigenvalue weighted by Gasteiger charge is 2.22. The number of aromatic nitrogens is 2. The summed E-state index contributed by atoms with van der Waals surface area (Å²) in [5.74, 6) is 1.32. The zero-order valence-corrected chi connectivity index (χ0v) is 12.4. The fraction of sp³-hybridized carbons (Fsp3) is 0.667. The molecule has 4 N–H and O–H groups in total. The van der Waals surface area contributed by atoms with E-state index in [0.29, 0.717) is 11.0 Å². The summed E-state index contributed by atoms with van der Waals surface area (Å²) in [5.41, 5.74) is -0.800. The smallest absolute Gasteiger partial charge is 0.191 e. The second kappa shape index (κ2) is 7.52. The molecular weight excluding hydrogens is 264 g/mol. The van der Waals surface area contributed by atoms with Gasteiger partial charge in [0.05, 0.1) is 18.8 Å². The Morgan fingerprint density at radius 3 is 2.42 bits per heavy atom. The molecule has 0 aliphatic heterocycles. The first-order valence-electron chi connectivity index (χ1n) is 6.23. The number of hydrogen-bond acceptors (Lipinski definition) is 7. The van der Waals surface area contributed by atoms with Crippen molar-refractivity contribution < 1.29 is 10.2 Å². The molecule has 7 heteroatoms. The Hall–Kier alpha value is -1.05. The monoisotopic (exact) mass is 286 g/mol. The Morgan fingerprint density at radius 1 is 1.26 bits per heavy atom. The zero-order valence-electron chi connectivity index (χ0n) is 11.6. The summed E-state index contributed by atoms with van der Waals surface area (Å²) in [6, 6.07) is 1.78. The molecule has 1 aromatic rings. The summed E-state index contributed by atoms with van der Waals surface area (Å²) in [6.45, 7) is 4.28. The van der Waals surface area contributed by atoms with Crippen LogP contribution in [0.4, 0.5) is 11.6 Å². The largest absolute Gasteiger partial charge is 0.394 e. The third kappa shape index (κ3) is 4.85. The molecule has 0 aliphatic rings. The van der Waals surface area contributed by atoms with Crippen molar-refractivity contribution in [1.82, 2.24) is 9.97 Å². The number of anilines is 2. The maximum atomic E-state index is 9.30. The van der Waals surface area contributed by atoms with Crippen LogP contribution < -0.4 is 10.6 Å². The van der Waals surface area contributed by atoms with Gasteiger partial charge in [0.2, 0.25) is 0 Å². The number of nitrogens with one attached hydrogen (secondary N) is 2. The van der Waals surface area contributed by atoms with Gasteiger partial charge in [-0.15, -0.1) is 0 Å². The minimum absolute atomic E-state index is 0.181. The highest BCUT2D eigenvalue weighted by molar-refractivity contribution is 7.98. The summed E-state index contributed by atoms with van der Waals surface area (Å²) in [5, 5.41) is 25.5. The molecule has 1 aromatic heterocycles. The first kappa shape index (κ1) is 16.0. The fourth-order valence-corrected chi connectivity index (χ4v) is 1.74. The van der Waals surface area contributed by atoms with E-state index in [-0.39, 0.29) is 13.2 Å². The number of aliphatic hydroxyl groups is 2. The SMILES string of the molecule is CCCNc1cc(NC(C)(CO)CO)nc(SC)n1. The van der Waals surface area contributed by atoms with Crippen molar-refractivity contribution in [3.8, 4) is 0 Å². The van der Waals surface area contributed by atoms with Crippen LogP contribution in [-0.4, -0.2) is 51.7 Å². The molecular formula is C12H22N4O2S. The van der Waals surface area contributed by atoms with E-state index in [0.717, 1.165) is 18.8 Å².